The van der Waals surface area contributed by atoms with E-state index in [1.165, 1.54) is 24.3 Å². The molecule has 6 aromatic rings. The number of hydrogen-bond acceptors (Lipinski definition) is 8. The van der Waals surface area contributed by atoms with Gasteiger partial charge in [-0.15, -0.1) is 0 Å². The van der Waals surface area contributed by atoms with Crippen molar-refractivity contribution in [1.82, 2.24) is 18.3 Å². The van der Waals surface area contributed by atoms with E-state index in [4.69, 9.17) is 0 Å². The van der Waals surface area contributed by atoms with Gasteiger partial charge in [0, 0.05) is 0 Å². The Hall–Kier alpha value is -5.00. The molecule has 2 aliphatic carbocycles. The summed E-state index contributed by atoms with van der Waals surface area (Å²) in [6.07, 6.45) is 3.99. The molecule has 12 bridgehead atoms. The van der Waals surface area contributed by atoms with Gasteiger partial charge in [-0.1, -0.05) is 25.7 Å². The van der Waals surface area contributed by atoms with Crippen LogP contribution in [0.4, 0.5) is 0 Å². The molecular weight excluding hydrogens is 568 g/mol. The lowest BCUT2D eigenvalue weighted by Crippen LogP contribution is -2.42. The summed E-state index contributed by atoms with van der Waals surface area (Å²) in [6, 6.07) is 1.87. The van der Waals surface area contributed by atoms with Gasteiger partial charge < -0.3 is 0 Å². The van der Waals surface area contributed by atoms with Gasteiger partial charge in [-0.3, -0.25) is 56.6 Å². The molecule has 8 heterocycles. The molecule has 6 aliphatic rings. The summed E-state index contributed by atoms with van der Waals surface area (Å²) in [5.74, 6) is 0. The molecule has 2 fully saturated rings. The molecule has 0 amide bonds. The second-order valence-electron chi connectivity index (χ2n) is 12.6. The Labute approximate surface area is 244 Å². The van der Waals surface area contributed by atoms with Crippen LogP contribution in [0.1, 0.15) is 75.5 Å². The third kappa shape index (κ3) is 2.88. The SMILES string of the molecule is O=c1c2cc3c(=O)n4c(=O)c3cc2c(=O)n1[C@@H]1CCCC[C@H]1n1c(=O)c2cc3c(=O)n(c(=O)c3cc2c1=O)[C@@H]1CCCC[C@H]14. The molecule has 220 valence electrons. The predicted octanol–water partition coefficient (Wildman–Crippen LogP) is 1.16. The minimum absolute atomic E-state index is 0.00729. The standard InChI is InChI=1S/C32H24N4O8/c37-25-13-9-17-18-10-14(13)26(38)33(25)21-5-1-2-6-22(21)34-27(39)15-11-19-20(12-16(15)28(34)40)32(44)36(31(19)43)24-8-4-3-7-23(24)35(29(17)41)30(18)42/h9-12,21-24H,1-8H2/t21-,22-,23-,24-/m1/s1. The second-order valence-corrected chi connectivity index (χ2v) is 12.6. The lowest BCUT2D eigenvalue weighted by molar-refractivity contribution is 0.228. The van der Waals surface area contributed by atoms with Crippen molar-refractivity contribution in [3.8, 4) is 0 Å². The van der Waals surface area contributed by atoms with Crippen molar-refractivity contribution in [1.29, 1.82) is 0 Å². The van der Waals surface area contributed by atoms with Crippen LogP contribution in [-0.2, 0) is 0 Å². The Morgan fingerprint density at radius 3 is 0.636 bits per heavy atom. The molecule has 4 atom stereocenters. The van der Waals surface area contributed by atoms with E-state index in [0.717, 1.165) is 18.3 Å². The summed E-state index contributed by atoms with van der Waals surface area (Å²) in [5, 5.41) is -0.0583. The van der Waals surface area contributed by atoms with E-state index >= 15 is 0 Å². The highest BCUT2D eigenvalue weighted by Gasteiger charge is 2.38. The van der Waals surface area contributed by atoms with Gasteiger partial charge in [0.2, 0.25) is 0 Å². The third-order valence-corrected chi connectivity index (χ3v) is 10.6. The summed E-state index contributed by atoms with van der Waals surface area (Å²) in [4.78, 5) is 111. The first kappa shape index (κ1) is 25.5. The Morgan fingerprint density at radius 2 is 0.477 bits per heavy atom. The van der Waals surface area contributed by atoms with Crippen LogP contribution in [0.2, 0.25) is 0 Å². The molecule has 2 saturated carbocycles. The monoisotopic (exact) mass is 592 g/mol. The van der Waals surface area contributed by atoms with Gasteiger partial charge in [-0.2, -0.15) is 0 Å². The highest BCUT2D eigenvalue weighted by Crippen LogP contribution is 2.38. The van der Waals surface area contributed by atoms with Crippen LogP contribution in [0.15, 0.2) is 62.6 Å². The van der Waals surface area contributed by atoms with Gasteiger partial charge >= 0.3 is 0 Å². The van der Waals surface area contributed by atoms with E-state index in [1.54, 1.807) is 0 Å². The maximum Gasteiger partial charge on any atom is 0.261 e. The van der Waals surface area contributed by atoms with Crippen molar-refractivity contribution in [2.75, 3.05) is 0 Å². The van der Waals surface area contributed by atoms with Crippen molar-refractivity contribution in [3.63, 3.8) is 0 Å². The average molecular weight is 593 g/mol. The van der Waals surface area contributed by atoms with Gasteiger partial charge in [0.25, 0.3) is 44.5 Å². The molecule has 0 spiro atoms. The van der Waals surface area contributed by atoms with Crippen LogP contribution < -0.4 is 44.5 Å². The first-order chi connectivity index (χ1) is 21.2. The maximum absolute atomic E-state index is 13.9. The van der Waals surface area contributed by atoms with E-state index in [-0.39, 0.29) is 43.1 Å². The first-order valence-corrected chi connectivity index (χ1v) is 15.1. The van der Waals surface area contributed by atoms with Gasteiger partial charge in [0.05, 0.1) is 67.3 Å². The van der Waals surface area contributed by atoms with Gasteiger partial charge in [0.15, 0.2) is 0 Å². The van der Waals surface area contributed by atoms with Crippen LogP contribution in [-0.4, -0.2) is 18.3 Å². The number of nitrogens with zero attached hydrogens (tertiary/aromatic N) is 4. The average Bonchev–Trinajstić information content (AvgIpc) is 3.61. The van der Waals surface area contributed by atoms with E-state index in [9.17, 15) is 38.4 Å². The highest BCUT2D eigenvalue weighted by molar-refractivity contribution is 5.99. The smallest absolute Gasteiger partial charge is 0.261 e. The lowest BCUT2D eigenvalue weighted by atomic mass is 9.90. The van der Waals surface area contributed by atoms with E-state index in [1.807, 2.05) is 0 Å². The molecule has 44 heavy (non-hydrogen) atoms. The zero-order valence-corrected chi connectivity index (χ0v) is 23.3. The van der Waals surface area contributed by atoms with Crippen molar-refractivity contribution in [2.45, 2.75) is 75.5 Å². The van der Waals surface area contributed by atoms with Gasteiger partial charge in [-0.05, 0) is 49.9 Å². The molecule has 12 rings (SSSR count). The number of hydrogen-bond donors (Lipinski definition) is 0. The van der Waals surface area contributed by atoms with Crippen LogP contribution in [0.5, 0.6) is 0 Å². The van der Waals surface area contributed by atoms with Crippen molar-refractivity contribution in [2.24, 2.45) is 0 Å². The van der Waals surface area contributed by atoms with Crippen molar-refractivity contribution in [3.05, 3.63) is 107 Å². The number of benzene rings is 2. The summed E-state index contributed by atoms with van der Waals surface area (Å²) < 4.78 is 4.30. The third-order valence-electron chi connectivity index (χ3n) is 10.6. The van der Waals surface area contributed by atoms with E-state index in [2.05, 4.69) is 0 Å². The van der Waals surface area contributed by atoms with E-state index in [0.29, 0.717) is 51.4 Å². The molecule has 0 N–H and O–H groups in total. The molecule has 12 nitrogen and oxygen atoms in total. The van der Waals surface area contributed by atoms with Crippen LogP contribution >= 0.6 is 0 Å². The Balaban J connectivity index is 1.49. The summed E-state index contributed by atoms with van der Waals surface area (Å²) in [5.41, 5.74) is -5.08. The van der Waals surface area contributed by atoms with Crippen molar-refractivity contribution >= 4 is 43.1 Å². The maximum atomic E-state index is 13.9. The molecule has 0 radical (unpaired) electrons. The van der Waals surface area contributed by atoms with Crippen LogP contribution in [0.3, 0.4) is 0 Å². The molecular formula is C32H24N4O8. The van der Waals surface area contributed by atoms with Crippen LogP contribution in [0.25, 0.3) is 43.1 Å². The Kier molecular flexibility index (Phi) is 4.83. The first-order valence-electron chi connectivity index (χ1n) is 15.1. The fraction of sp³-hybridized carbons (Fsp3) is 0.375. The summed E-state index contributed by atoms with van der Waals surface area (Å²) in [6.45, 7) is 0. The number of aromatic nitrogens is 4. The molecule has 2 aromatic carbocycles. The Morgan fingerprint density at radius 1 is 0.318 bits per heavy atom. The quantitative estimate of drug-likeness (QED) is 0.254. The number of rotatable bonds is 0. The van der Waals surface area contributed by atoms with Crippen LogP contribution in [0, 0.1) is 0 Å². The van der Waals surface area contributed by atoms with Gasteiger partial charge in [-0.25, -0.2) is 0 Å². The zero-order valence-electron chi connectivity index (χ0n) is 23.3. The fourth-order valence-electron chi connectivity index (χ4n) is 8.61. The lowest BCUT2D eigenvalue weighted by Gasteiger charge is -2.32. The Bertz CT molecular complexity index is 2200. The largest absolute Gasteiger partial charge is 0.269 e. The van der Waals surface area contributed by atoms with E-state index < -0.39 is 68.6 Å². The second kappa shape index (κ2) is 8.34. The molecule has 0 saturated heterocycles. The molecule has 4 aromatic heterocycles. The van der Waals surface area contributed by atoms with Crippen molar-refractivity contribution < 1.29 is 0 Å². The minimum Gasteiger partial charge on any atom is -0.269 e. The highest BCUT2D eigenvalue weighted by atomic mass is 16.2. The fourth-order valence-corrected chi connectivity index (χ4v) is 8.61. The molecule has 12 heteroatoms. The minimum atomic E-state index is -0.830. The summed E-state index contributed by atoms with van der Waals surface area (Å²) >= 11 is 0. The molecule has 0 unspecified atom stereocenters. The molecule has 4 aliphatic heterocycles. The topological polar surface area (TPSA) is 156 Å². The summed E-state index contributed by atoms with van der Waals surface area (Å²) in [7, 11) is 0. The van der Waals surface area contributed by atoms with Gasteiger partial charge in [0.1, 0.15) is 0 Å². The predicted molar refractivity (Wildman–Crippen MR) is 163 cm³/mol. The normalized spacial score (nSPS) is 23.5. The zero-order chi connectivity index (χ0) is 30.3.